The summed E-state index contributed by atoms with van der Waals surface area (Å²) in [4.78, 5) is 0. The molecule has 2 aromatic rings. The molecule has 0 radical (unpaired) electrons. The van der Waals surface area contributed by atoms with Crippen molar-refractivity contribution in [2.45, 2.75) is 13.8 Å². The second-order valence-corrected chi connectivity index (χ2v) is 3.04. The molecule has 5 nitrogen and oxygen atoms in total. The van der Waals surface area contributed by atoms with Crippen LogP contribution in [0.25, 0.3) is 11.4 Å². The van der Waals surface area contributed by atoms with Crippen LogP contribution >= 0.6 is 0 Å². The molecule has 0 atom stereocenters. The van der Waals surface area contributed by atoms with E-state index in [0.29, 0.717) is 5.82 Å². The highest BCUT2D eigenvalue weighted by Crippen LogP contribution is 2.24. The first kappa shape index (κ1) is 7.85. The lowest BCUT2D eigenvalue weighted by molar-refractivity contribution is 1.06. The summed E-state index contributed by atoms with van der Waals surface area (Å²) in [5, 5.41) is 13.6. The highest BCUT2D eigenvalue weighted by molar-refractivity contribution is 5.66. The number of aromatic amines is 2. The van der Waals surface area contributed by atoms with Gasteiger partial charge < -0.3 is 5.73 Å². The first-order valence-corrected chi connectivity index (χ1v) is 4.01. The third kappa shape index (κ3) is 1.09. The van der Waals surface area contributed by atoms with E-state index >= 15 is 0 Å². The van der Waals surface area contributed by atoms with Crippen molar-refractivity contribution in [3.63, 3.8) is 0 Å². The molecule has 0 unspecified atom stereocenters. The first-order chi connectivity index (χ1) is 6.20. The van der Waals surface area contributed by atoms with Gasteiger partial charge in [-0.15, -0.1) is 0 Å². The smallest absolute Gasteiger partial charge is 0.148 e. The molecule has 0 fully saturated rings. The zero-order valence-corrected chi connectivity index (χ0v) is 7.55. The number of nitrogens with zero attached hydrogens (tertiary/aromatic N) is 2. The Morgan fingerprint density at radius 1 is 1.23 bits per heavy atom. The van der Waals surface area contributed by atoms with E-state index in [1.807, 2.05) is 13.8 Å². The van der Waals surface area contributed by atoms with Crippen molar-refractivity contribution in [2.24, 2.45) is 0 Å². The SMILES string of the molecule is Cc1cn[nH]c1-c1[nH]nc(N)c1C. The fourth-order valence-corrected chi connectivity index (χ4v) is 1.25. The molecule has 2 rings (SSSR count). The van der Waals surface area contributed by atoms with E-state index < -0.39 is 0 Å². The van der Waals surface area contributed by atoms with Gasteiger partial charge in [0.15, 0.2) is 0 Å². The standard InChI is InChI=1S/C8H11N5/c1-4-3-10-11-6(4)7-5(2)8(9)13-12-7/h3H,1-2H3,(H,10,11)(H3,9,12,13). The molecule has 2 heterocycles. The lowest BCUT2D eigenvalue weighted by atomic mass is 10.1. The summed E-state index contributed by atoms with van der Waals surface area (Å²) < 4.78 is 0. The minimum absolute atomic E-state index is 0.531. The number of hydrogen-bond acceptors (Lipinski definition) is 3. The number of H-pyrrole nitrogens is 2. The Morgan fingerprint density at radius 3 is 2.46 bits per heavy atom. The van der Waals surface area contributed by atoms with E-state index in [2.05, 4.69) is 20.4 Å². The van der Waals surface area contributed by atoms with Gasteiger partial charge in [0.1, 0.15) is 5.82 Å². The van der Waals surface area contributed by atoms with E-state index in [-0.39, 0.29) is 0 Å². The quantitative estimate of drug-likeness (QED) is 0.607. The lowest BCUT2D eigenvalue weighted by Crippen LogP contribution is -1.87. The van der Waals surface area contributed by atoms with E-state index in [4.69, 9.17) is 5.73 Å². The predicted octanol–water partition coefficient (Wildman–Crippen LogP) is 0.999. The summed E-state index contributed by atoms with van der Waals surface area (Å²) in [6.07, 6.45) is 1.77. The largest absolute Gasteiger partial charge is 0.382 e. The van der Waals surface area contributed by atoms with Crippen LogP contribution in [-0.2, 0) is 0 Å². The molecule has 0 amide bonds. The fraction of sp³-hybridized carbons (Fsp3) is 0.250. The van der Waals surface area contributed by atoms with Crippen LogP contribution in [-0.4, -0.2) is 20.4 Å². The molecule has 0 saturated heterocycles. The Bertz CT molecular complexity index is 425. The molecule has 0 bridgehead atoms. The average molecular weight is 177 g/mol. The molecule has 0 spiro atoms. The Labute approximate surface area is 75.4 Å². The van der Waals surface area contributed by atoms with Gasteiger partial charge in [-0.3, -0.25) is 10.2 Å². The van der Waals surface area contributed by atoms with Gasteiger partial charge in [-0.05, 0) is 19.4 Å². The molecular formula is C8H11N5. The van der Waals surface area contributed by atoms with Crippen molar-refractivity contribution in [2.75, 3.05) is 5.73 Å². The van der Waals surface area contributed by atoms with Crippen LogP contribution in [0.1, 0.15) is 11.1 Å². The second kappa shape index (κ2) is 2.62. The zero-order chi connectivity index (χ0) is 9.42. The van der Waals surface area contributed by atoms with E-state index in [1.165, 1.54) is 0 Å². The minimum atomic E-state index is 0.531. The molecule has 0 saturated carbocycles. The summed E-state index contributed by atoms with van der Waals surface area (Å²) in [5.74, 6) is 0.531. The van der Waals surface area contributed by atoms with Gasteiger partial charge in [0, 0.05) is 5.56 Å². The lowest BCUT2D eigenvalue weighted by Gasteiger charge is -1.96. The van der Waals surface area contributed by atoms with Gasteiger partial charge in [-0.25, -0.2) is 0 Å². The van der Waals surface area contributed by atoms with Crippen LogP contribution in [0.5, 0.6) is 0 Å². The number of aryl methyl sites for hydroxylation is 1. The van der Waals surface area contributed by atoms with Crippen LogP contribution in [0.3, 0.4) is 0 Å². The predicted molar refractivity (Wildman–Crippen MR) is 50.1 cm³/mol. The number of hydrogen-bond donors (Lipinski definition) is 3. The molecule has 2 aromatic heterocycles. The van der Waals surface area contributed by atoms with E-state index in [9.17, 15) is 0 Å². The third-order valence-electron chi connectivity index (χ3n) is 2.13. The van der Waals surface area contributed by atoms with E-state index in [0.717, 1.165) is 22.5 Å². The number of nitrogens with one attached hydrogen (secondary N) is 2. The molecular weight excluding hydrogens is 166 g/mol. The van der Waals surface area contributed by atoms with Crippen molar-refractivity contribution in [1.29, 1.82) is 0 Å². The molecule has 0 aliphatic heterocycles. The molecule has 13 heavy (non-hydrogen) atoms. The monoisotopic (exact) mass is 177 g/mol. The average Bonchev–Trinajstić information content (AvgIpc) is 2.62. The van der Waals surface area contributed by atoms with E-state index in [1.54, 1.807) is 6.20 Å². The fourth-order valence-electron chi connectivity index (χ4n) is 1.25. The summed E-state index contributed by atoms with van der Waals surface area (Å²) in [5.41, 5.74) is 9.50. The minimum Gasteiger partial charge on any atom is -0.382 e. The van der Waals surface area contributed by atoms with Crippen molar-refractivity contribution in [1.82, 2.24) is 20.4 Å². The summed E-state index contributed by atoms with van der Waals surface area (Å²) in [6, 6.07) is 0. The van der Waals surface area contributed by atoms with Gasteiger partial charge in [0.2, 0.25) is 0 Å². The van der Waals surface area contributed by atoms with Crippen molar-refractivity contribution in [3.8, 4) is 11.4 Å². The Hall–Kier alpha value is -1.78. The van der Waals surface area contributed by atoms with Crippen LogP contribution in [0, 0.1) is 13.8 Å². The summed E-state index contributed by atoms with van der Waals surface area (Å²) in [7, 11) is 0. The van der Waals surface area contributed by atoms with Crippen molar-refractivity contribution in [3.05, 3.63) is 17.3 Å². The highest BCUT2D eigenvalue weighted by atomic mass is 15.2. The topological polar surface area (TPSA) is 83.4 Å². The Kier molecular flexibility index (Phi) is 1.58. The number of anilines is 1. The molecule has 0 aliphatic carbocycles. The number of nitrogens with two attached hydrogens (primary N) is 1. The van der Waals surface area contributed by atoms with Crippen LogP contribution < -0.4 is 5.73 Å². The van der Waals surface area contributed by atoms with Gasteiger partial charge in [-0.2, -0.15) is 10.2 Å². The number of rotatable bonds is 1. The van der Waals surface area contributed by atoms with Crippen molar-refractivity contribution >= 4 is 5.82 Å². The molecule has 68 valence electrons. The van der Waals surface area contributed by atoms with Gasteiger partial charge in [0.25, 0.3) is 0 Å². The van der Waals surface area contributed by atoms with Gasteiger partial charge >= 0.3 is 0 Å². The second-order valence-electron chi connectivity index (χ2n) is 3.04. The van der Waals surface area contributed by atoms with Gasteiger partial charge in [0.05, 0.1) is 17.6 Å². The van der Waals surface area contributed by atoms with Crippen LogP contribution in [0.4, 0.5) is 5.82 Å². The maximum Gasteiger partial charge on any atom is 0.148 e. The summed E-state index contributed by atoms with van der Waals surface area (Å²) in [6.45, 7) is 3.91. The molecule has 0 aliphatic rings. The highest BCUT2D eigenvalue weighted by Gasteiger charge is 2.11. The Morgan fingerprint density at radius 2 is 2.00 bits per heavy atom. The number of nitrogen functional groups attached to an aromatic ring is 1. The maximum absolute atomic E-state index is 5.62. The molecule has 5 heteroatoms. The first-order valence-electron chi connectivity index (χ1n) is 4.01. The summed E-state index contributed by atoms with van der Waals surface area (Å²) >= 11 is 0. The third-order valence-corrected chi connectivity index (χ3v) is 2.13. The molecule has 0 aromatic carbocycles. The van der Waals surface area contributed by atoms with Gasteiger partial charge in [-0.1, -0.05) is 0 Å². The maximum atomic E-state index is 5.62. The van der Waals surface area contributed by atoms with Crippen LogP contribution in [0.2, 0.25) is 0 Å². The normalized spacial score (nSPS) is 10.6. The zero-order valence-electron chi connectivity index (χ0n) is 7.55. The number of aromatic nitrogens is 4. The van der Waals surface area contributed by atoms with Crippen molar-refractivity contribution < 1.29 is 0 Å². The van der Waals surface area contributed by atoms with Crippen LogP contribution in [0.15, 0.2) is 6.20 Å². The Balaban J connectivity index is 2.59. The molecule has 4 N–H and O–H groups in total.